The minimum absolute atomic E-state index is 0.0637. The van der Waals surface area contributed by atoms with Gasteiger partial charge in [-0.2, -0.15) is 0 Å². The number of fused-ring (bicyclic) bond motifs is 1. The molecule has 0 saturated heterocycles. The Morgan fingerprint density at radius 2 is 2.11 bits per heavy atom. The fourth-order valence-corrected chi connectivity index (χ4v) is 4.26. The zero-order valence-corrected chi connectivity index (χ0v) is 16.8. The Morgan fingerprint density at radius 3 is 2.81 bits per heavy atom. The molecule has 0 aliphatic carbocycles. The van der Waals surface area contributed by atoms with E-state index in [0.717, 1.165) is 18.2 Å². The van der Waals surface area contributed by atoms with Crippen LogP contribution >= 0.6 is 11.3 Å². The SMILES string of the molecule is CN=C(NCC1CC(=O)Nc2ccccc21)NCC(c1cccs1)N(C)C. The third-order valence-corrected chi connectivity index (χ3v) is 5.78. The van der Waals surface area contributed by atoms with Crippen LogP contribution in [0.3, 0.4) is 0 Å². The smallest absolute Gasteiger partial charge is 0.225 e. The molecule has 2 aromatic rings. The molecule has 2 heterocycles. The number of benzene rings is 1. The van der Waals surface area contributed by atoms with Crippen LogP contribution < -0.4 is 16.0 Å². The first-order chi connectivity index (χ1) is 13.1. The predicted molar refractivity (Wildman–Crippen MR) is 113 cm³/mol. The van der Waals surface area contributed by atoms with Crippen molar-refractivity contribution < 1.29 is 4.79 Å². The number of carbonyl (C=O) groups excluding carboxylic acids is 1. The Hall–Kier alpha value is -2.38. The van der Waals surface area contributed by atoms with E-state index in [1.807, 2.05) is 18.2 Å². The Balaban J connectivity index is 1.59. The van der Waals surface area contributed by atoms with Crippen molar-refractivity contribution >= 4 is 28.9 Å². The molecule has 1 amide bonds. The Labute approximate surface area is 164 Å². The Kier molecular flexibility index (Phi) is 6.47. The van der Waals surface area contributed by atoms with Gasteiger partial charge in [0.05, 0.1) is 6.04 Å². The summed E-state index contributed by atoms with van der Waals surface area (Å²) in [4.78, 5) is 19.8. The van der Waals surface area contributed by atoms with Crippen LogP contribution in [0.5, 0.6) is 0 Å². The molecule has 3 rings (SSSR count). The van der Waals surface area contributed by atoms with Gasteiger partial charge in [-0.25, -0.2) is 0 Å². The number of anilines is 1. The number of thiophene rings is 1. The summed E-state index contributed by atoms with van der Waals surface area (Å²) in [6, 6.07) is 12.5. The maximum absolute atomic E-state index is 12.0. The molecule has 0 spiro atoms. The van der Waals surface area contributed by atoms with Gasteiger partial charge in [0.1, 0.15) is 0 Å². The van der Waals surface area contributed by atoms with E-state index < -0.39 is 0 Å². The molecule has 1 aromatic carbocycles. The highest BCUT2D eigenvalue weighted by Gasteiger charge is 2.25. The van der Waals surface area contributed by atoms with Gasteiger partial charge in [-0.15, -0.1) is 11.3 Å². The van der Waals surface area contributed by atoms with Crippen molar-refractivity contribution in [2.45, 2.75) is 18.4 Å². The van der Waals surface area contributed by atoms with Crippen LogP contribution in [0.1, 0.15) is 28.8 Å². The van der Waals surface area contributed by atoms with Crippen LogP contribution in [0.4, 0.5) is 5.69 Å². The lowest BCUT2D eigenvalue weighted by Gasteiger charge is -2.27. The molecule has 27 heavy (non-hydrogen) atoms. The van der Waals surface area contributed by atoms with Crippen LogP contribution in [0.25, 0.3) is 0 Å². The third-order valence-electron chi connectivity index (χ3n) is 4.80. The Bertz CT molecular complexity index is 787. The van der Waals surface area contributed by atoms with Crippen LogP contribution in [0.2, 0.25) is 0 Å². The number of nitrogens with zero attached hydrogens (tertiary/aromatic N) is 2. The van der Waals surface area contributed by atoms with Gasteiger partial charge in [-0.1, -0.05) is 24.3 Å². The highest BCUT2D eigenvalue weighted by atomic mass is 32.1. The standard InChI is InChI=1S/C20H27N5OS/c1-21-20(23-13-17(25(2)3)18-9-6-10-27-18)22-12-14-11-19(26)24-16-8-5-4-7-15(14)16/h4-10,14,17H,11-13H2,1-3H3,(H,24,26)(H2,21,22,23). The van der Waals surface area contributed by atoms with Gasteiger partial charge in [0, 0.05) is 43.0 Å². The van der Waals surface area contributed by atoms with Crippen molar-refractivity contribution in [1.82, 2.24) is 15.5 Å². The normalized spacial score (nSPS) is 18.0. The summed E-state index contributed by atoms with van der Waals surface area (Å²) >= 11 is 1.76. The second-order valence-corrected chi connectivity index (χ2v) is 7.84. The van der Waals surface area contributed by atoms with E-state index in [0.29, 0.717) is 13.0 Å². The van der Waals surface area contributed by atoms with Crippen molar-refractivity contribution in [3.8, 4) is 0 Å². The van der Waals surface area contributed by atoms with Crippen LogP contribution in [-0.2, 0) is 4.79 Å². The number of hydrogen-bond acceptors (Lipinski definition) is 4. The average Bonchev–Trinajstić information content (AvgIpc) is 3.18. The van der Waals surface area contributed by atoms with Crippen molar-refractivity contribution in [3.63, 3.8) is 0 Å². The van der Waals surface area contributed by atoms with Crippen molar-refractivity contribution in [1.29, 1.82) is 0 Å². The third kappa shape index (κ3) is 4.87. The van der Waals surface area contributed by atoms with E-state index in [4.69, 9.17) is 0 Å². The van der Waals surface area contributed by atoms with Crippen LogP contribution in [0.15, 0.2) is 46.8 Å². The summed E-state index contributed by atoms with van der Waals surface area (Å²) in [5, 5.41) is 11.8. The van der Waals surface area contributed by atoms with Gasteiger partial charge in [0.25, 0.3) is 0 Å². The van der Waals surface area contributed by atoms with E-state index in [-0.39, 0.29) is 17.9 Å². The molecule has 7 heteroatoms. The molecular formula is C20H27N5OS. The number of nitrogens with one attached hydrogen (secondary N) is 3. The lowest BCUT2D eigenvalue weighted by molar-refractivity contribution is -0.116. The topological polar surface area (TPSA) is 68.8 Å². The fourth-order valence-electron chi connectivity index (χ4n) is 3.34. The summed E-state index contributed by atoms with van der Waals surface area (Å²) in [6.45, 7) is 1.42. The number of rotatable bonds is 6. The van der Waals surface area contributed by atoms with Crippen molar-refractivity contribution in [3.05, 3.63) is 52.2 Å². The van der Waals surface area contributed by atoms with E-state index >= 15 is 0 Å². The molecule has 0 fully saturated rings. The molecule has 0 saturated carbocycles. The molecule has 6 nitrogen and oxygen atoms in total. The highest BCUT2D eigenvalue weighted by molar-refractivity contribution is 7.10. The molecule has 1 aliphatic heterocycles. The van der Waals surface area contributed by atoms with E-state index in [1.54, 1.807) is 18.4 Å². The number of hydrogen-bond donors (Lipinski definition) is 3. The zero-order chi connectivity index (χ0) is 19.2. The molecule has 1 aromatic heterocycles. The molecule has 2 atom stereocenters. The molecule has 0 bridgehead atoms. The largest absolute Gasteiger partial charge is 0.356 e. The average molecular weight is 386 g/mol. The first-order valence-corrected chi connectivity index (χ1v) is 9.99. The quantitative estimate of drug-likeness (QED) is 0.528. The molecule has 1 aliphatic rings. The first-order valence-electron chi connectivity index (χ1n) is 9.11. The number of aliphatic imine (C=N–C) groups is 1. The van der Waals surface area contributed by atoms with Gasteiger partial charge in [-0.05, 0) is 37.2 Å². The van der Waals surface area contributed by atoms with Gasteiger partial charge in [0.2, 0.25) is 5.91 Å². The van der Waals surface area contributed by atoms with Crippen LogP contribution in [0, 0.1) is 0 Å². The zero-order valence-electron chi connectivity index (χ0n) is 16.0. The number of likely N-dealkylation sites (N-methyl/N-ethyl adjacent to an activating group) is 1. The second kappa shape index (κ2) is 9.01. The summed E-state index contributed by atoms with van der Waals surface area (Å²) in [7, 11) is 5.94. The van der Waals surface area contributed by atoms with Crippen molar-refractivity contribution in [2.75, 3.05) is 39.5 Å². The number of carbonyl (C=O) groups is 1. The fraction of sp³-hybridized carbons (Fsp3) is 0.400. The number of guanidine groups is 1. The van der Waals surface area contributed by atoms with Crippen molar-refractivity contribution in [2.24, 2.45) is 4.99 Å². The van der Waals surface area contributed by atoms with E-state index in [1.165, 1.54) is 10.4 Å². The minimum atomic E-state index is 0.0637. The first kappa shape index (κ1) is 19.4. The summed E-state index contributed by atoms with van der Waals surface area (Å²) in [5.74, 6) is 0.950. The summed E-state index contributed by atoms with van der Waals surface area (Å²) in [6.07, 6.45) is 0.483. The monoisotopic (exact) mass is 385 g/mol. The van der Waals surface area contributed by atoms with Crippen LogP contribution in [-0.4, -0.2) is 51.0 Å². The molecule has 0 radical (unpaired) electrons. The molecule has 3 N–H and O–H groups in total. The van der Waals surface area contributed by atoms with Gasteiger partial charge >= 0.3 is 0 Å². The van der Waals surface area contributed by atoms with Gasteiger partial charge in [0.15, 0.2) is 5.96 Å². The molecule has 2 unspecified atom stereocenters. The molecule has 144 valence electrons. The summed E-state index contributed by atoms with van der Waals surface area (Å²) < 4.78 is 0. The van der Waals surface area contributed by atoms with Gasteiger partial charge in [-0.3, -0.25) is 9.79 Å². The molecular weight excluding hydrogens is 358 g/mol. The minimum Gasteiger partial charge on any atom is -0.356 e. The number of amides is 1. The predicted octanol–water partition coefficient (Wildman–Crippen LogP) is 2.64. The van der Waals surface area contributed by atoms with E-state index in [9.17, 15) is 4.79 Å². The lowest BCUT2D eigenvalue weighted by Crippen LogP contribution is -2.43. The van der Waals surface area contributed by atoms with E-state index in [2.05, 4.69) is 63.5 Å². The second-order valence-electron chi connectivity index (χ2n) is 6.87. The Morgan fingerprint density at radius 1 is 1.30 bits per heavy atom. The maximum atomic E-state index is 12.0. The van der Waals surface area contributed by atoms with Gasteiger partial charge < -0.3 is 20.9 Å². The lowest BCUT2D eigenvalue weighted by atomic mass is 9.90. The highest BCUT2D eigenvalue weighted by Crippen LogP contribution is 2.31. The number of para-hydroxylation sites is 1. The summed E-state index contributed by atoms with van der Waals surface area (Å²) in [5.41, 5.74) is 2.08. The maximum Gasteiger partial charge on any atom is 0.225 e.